The molecule has 0 atom stereocenters. The first-order valence-electron chi connectivity index (χ1n) is 9.54. The second-order valence-electron chi connectivity index (χ2n) is 6.75. The van der Waals surface area contributed by atoms with E-state index in [1.165, 1.54) is 18.2 Å². The molecule has 0 spiro atoms. The molecule has 1 amide bonds. The number of benzene rings is 2. The third kappa shape index (κ3) is 6.03. The minimum atomic E-state index is -0.442. The molecule has 1 heterocycles. The van der Waals surface area contributed by atoms with Gasteiger partial charge in [-0.3, -0.25) is 19.7 Å². The van der Waals surface area contributed by atoms with Crippen LogP contribution >= 0.6 is 0 Å². The van der Waals surface area contributed by atoms with E-state index in [4.69, 9.17) is 0 Å². The molecule has 30 heavy (non-hydrogen) atoms. The first-order chi connectivity index (χ1) is 14.5. The van der Waals surface area contributed by atoms with Crippen LogP contribution in [0.1, 0.15) is 18.4 Å². The highest BCUT2D eigenvalue weighted by Gasteiger charge is 2.05. The van der Waals surface area contributed by atoms with E-state index in [2.05, 4.69) is 10.6 Å². The number of rotatable bonds is 9. The highest BCUT2D eigenvalue weighted by Crippen LogP contribution is 2.15. The zero-order valence-electron chi connectivity index (χ0n) is 16.3. The summed E-state index contributed by atoms with van der Waals surface area (Å²) in [4.78, 5) is 34.1. The van der Waals surface area contributed by atoms with E-state index in [-0.39, 0.29) is 17.2 Å². The molecule has 0 fully saturated rings. The minimum Gasteiger partial charge on any atom is -0.385 e. The summed E-state index contributed by atoms with van der Waals surface area (Å²) in [6.45, 7) is 1.05. The van der Waals surface area contributed by atoms with Crippen LogP contribution in [0.5, 0.6) is 0 Å². The smallest absolute Gasteiger partial charge is 0.269 e. The number of carbonyl (C=O) groups is 1. The average Bonchev–Trinajstić information content (AvgIpc) is 2.74. The predicted molar refractivity (Wildman–Crippen MR) is 116 cm³/mol. The lowest BCUT2D eigenvalue weighted by Crippen LogP contribution is -2.18. The third-order valence-corrected chi connectivity index (χ3v) is 4.48. The zero-order chi connectivity index (χ0) is 21.3. The number of hydrogen-bond donors (Lipinski definition) is 2. The number of nitrogens with zero attached hydrogens (tertiary/aromatic N) is 2. The monoisotopic (exact) mass is 406 g/mol. The van der Waals surface area contributed by atoms with Crippen molar-refractivity contribution in [2.24, 2.45) is 0 Å². The molecule has 0 saturated carbocycles. The molecule has 0 aliphatic carbocycles. The van der Waals surface area contributed by atoms with Gasteiger partial charge in [0.25, 0.3) is 11.2 Å². The fraction of sp³-hybridized carbons (Fsp3) is 0.182. The van der Waals surface area contributed by atoms with Gasteiger partial charge in [0.05, 0.1) is 11.5 Å². The summed E-state index contributed by atoms with van der Waals surface area (Å²) in [6, 6.07) is 18.6. The Bertz CT molecular complexity index is 1060. The summed E-state index contributed by atoms with van der Waals surface area (Å²) in [5.41, 5.74) is 2.43. The van der Waals surface area contributed by atoms with E-state index >= 15 is 0 Å². The lowest BCUT2D eigenvalue weighted by atomic mass is 10.2. The Balaban J connectivity index is 1.41. The normalized spacial score (nSPS) is 10.4. The molecule has 0 aliphatic rings. The minimum absolute atomic E-state index is 0.0433. The maximum atomic E-state index is 12.1. The Morgan fingerprint density at radius 3 is 2.33 bits per heavy atom. The van der Waals surface area contributed by atoms with Crippen LogP contribution < -0.4 is 16.2 Å². The van der Waals surface area contributed by atoms with Crippen molar-refractivity contribution in [2.45, 2.75) is 19.4 Å². The highest BCUT2D eigenvalue weighted by atomic mass is 16.6. The van der Waals surface area contributed by atoms with Crippen molar-refractivity contribution in [3.8, 4) is 0 Å². The Labute approximate surface area is 173 Å². The molecule has 3 aromatic rings. The highest BCUT2D eigenvalue weighted by molar-refractivity contribution is 5.90. The molecule has 1 aromatic heterocycles. The van der Waals surface area contributed by atoms with E-state index in [1.54, 1.807) is 29.0 Å². The van der Waals surface area contributed by atoms with Crippen LogP contribution in [0.4, 0.5) is 17.1 Å². The molecule has 2 N–H and O–H groups in total. The maximum absolute atomic E-state index is 12.1. The van der Waals surface area contributed by atoms with Gasteiger partial charge in [-0.1, -0.05) is 18.2 Å². The van der Waals surface area contributed by atoms with E-state index in [1.807, 2.05) is 30.3 Å². The maximum Gasteiger partial charge on any atom is 0.269 e. The SMILES string of the molecule is O=C(CCCNc1ccc([N+](=O)[O-])cc1)Nc1ccc(Cn2ccccc2=O)cc1. The number of nitrogens with one attached hydrogen (secondary N) is 2. The lowest BCUT2D eigenvalue weighted by Gasteiger charge is -2.09. The van der Waals surface area contributed by atoms with Crippen molar-refractivity contribution in [2.75, 3.05) is 17.2 Å². The number of pyridine rings is 1. The number of anilines is 2. The molecule has 3 rings (SSSR count). The van der Waals surface area contributed by atoms with Crippen molar-refractivity contribution >= 4 is 23.0 Å². The van der Waals surface area contributed by atoms with E-state index < -0.39 is 4.92 Å². The van der Waals surface area contributed by atoms with E-state index in [9.17, 15) is 19.7 Å². The number of aromatic nitrogens is 1. The summed E-state index contributed by atoms with van der Waals surface area (Å²) in [5.74, 6) is -0.0903. The second kappa shape index (κ2) is 10.0. The topological polar surface area (TPSA) is 106 Å². The molecular formula is C22H22N4O4. The largest absolute Gasteiger partial charge is 0.385 e. The van der Waals surface area contributed by atoms with Crippen LogP contribution in [0.3, 0.4) is 0 Å². The molecule has 0 bridgehead atoms. The summed E-state index contributed by atoms with van der Waals surface area (Å²) in [7, 11) is 0. The zero-order valence-corrected chi connectivity index (χ0v) is 16.3. The molecule has 154 valence electrons. The molecule has 0 aliphatic heterocycles. The number of nitro groups is 1. The van der Waals surface area contributed by atoms with Gasteiger partial charge in [-0.2, -0.15) is 0 Å². The molecular weight excluding hydrogens is 384 g/mol. The first kappa shape index (κ1) is 20.8. The first-order valence-corrected chi connectivity index (χ1v) is 9.54. The Morgan fingerprint density at radius 2 is 1.67 bits per heavy atom. The Morgan fingerprint density at radius 1 is 0.967 bits per heavy atom. The summed E-state index contributed by atoms with van der Waals surface area (Å²) >= 11 is 0. The van der Waals surface area contributed by atoms with Crippen molar-refractivity contribution in [3.63, 3.8) is 0 Å². The van der Waals surface area contributed by atoms with Crippen LogP contribution in [0, 0.1) is 10.1 Å². The van der Waals surface area contributed by atoms with Gasteiger partial charge in [0, 0.05) is 48.7 Å². The number of carbonyl (C=O) groups excluding carboxylic acids is 1. The number of nitro benzene ring substituents is 1. The summed E-state index contributed by atoms with van der Waals surface area (Å²) in [5, 5.41) is 16.6. The van der Waals surface area contributed by atoms with Crippen LogP contribution in [-0.2, 0) is 11.3 Å². The number of hydrogen-bond acceptors (Lipinski definition) is 5. The lowest BCUT2D eigenvalue weighted by molar-refractivity contribution is -0.384. The number of amides is 1. The van der Waals surface area contributed by atoms with Crippen molar-refractivity contribution < 1.29 is 9.72 Å². The second-order valence-corrected chi connectivity index (χ2v) is 6.75. The van der Waals surface area contributed by atoms with Crippen LogP contribution in [0.15, 0.2) is 77.7 Å². The van der Waals surface area contributed by atoms with Crippen molar-refractivity contribution in [1.82, 2.24) is 4.57 Å². The quantitative estimate of drug-likeness (QED) is 0.321. The molecule has 0 unspecified atom stereocenters. The average molecular weight is 406 g/mol. The van der Waals surface area contributed by atoms with Crippen LogP contribution in [0.25, 0.3) is 0 Å². The van der Waals surface area contributed by atoms with Gasteiger partial charge in [0.15, 0.2) is 0 Å². The molecule has 8 nitrogen and oxygen atoms in total. The molecule has 0 radical (unpaired) electrons. The fourth-order valence-corrected chi connectivity index (χ4v) is 2.89. The van der Waals surface area contributed by atoms with Crippen LogP contribution in [0.2, 0.25) is 0 Å². The van der Waals surface area contributed by atoms with Gasteiger partial charge in [-0.25, -0.2) is 0 Å². The summed E-state index contributed by atoms with van der Waals surface area (Å²) < 4.78 is 1.62. The molecule has 2 aromatic carbocycles. The molecule has 8 heteroatoms. The van der Waals surface area contributed by atoms with Crippen molar-refractivity contribution in [3.05, 3.63) is 99.0 Å². The van der Waals surface area contributed by atoms with E-state index in [0.29, 0.717) is 31.6 Å². The van der Waals surface area contributed by atoms with Crippen LogP contribution in [-0.4, -0.2) is 21.9 Å². The van der Waals surface area contributed by atoms with Gasteiger partial charge in [-0.15, -0.1) is 0 Å². The van der Waals surface area contributed by atoms with Gasteiger partial charge in [0.2, 0.25) is 5.91 Å². The molecule has 0 saturated heterocycles. The predicted octanol–water partition coefficient (Wildman–Crippen LogP) is 3.64. The van der Waals surface area contributed by atoms with E-state index in [0.717, 1.165) is 11.3 Å². The Kier molecular flexibility index (Phi) is 6.94. The van der Waals surface area contributed by atoms with Gasteiger partial charge in [0.1, 0.15) is 0 Å². The standard InChI is InChI=1S/C22H22N4O4/c27-21(4-3-14-23-18-10-12-20(13-11-18)26(29)30)24-19-8-6-17(7-9-19)16-25-15-2-1-5-22(25)28/h1-2,5-13,15,23H,3-4,14,16H2,(H,24,27). The van der Waals surface area contributed by atoms with Crippen molar-refractivity contribution in [1.29, 1.82) is 0 Å². The third-order valence-electron chi connectivity index (χ3n) is 4.48. The summed E-state index contributed by atoms with van der Waals surface area (Å²) in [6.07, 6.45) is 2.71. The van der Waals surface area contributed by atoms with Gasteiger partial charge >= 0.3 is 0 Å². The van der Waals surface area contributed by atoms with Gasteiger partial charge < -0.3 is 15.2 Å². The fourth-order valence-electron chi connectivity index (χ4n) is 2.89. The van der Waals surface area contributed by atoms with Gasteiger partial charge in [-0.05, 0) is 42.3 Å². The Hall–Kier alpha value is -3.94. The number of non-ortho nitro benzene ring substituents is 1.